The average molecular weight is 433 g/mol. The number of anilines is 1. The van der Waals surface area contributed by atoms with Crippen LogP contribution < -0.4 is 4.90 Å². The van der Waals surface area contributed by atoms with E-state index in [0.717, 1.165) is 34.8 Å². The Morgan fingerprint density at radius 3 is 2.77 bits per heavy atom. The zero-order valence-electron chi connectivity index (χ0n) is 16.9. The van der Waals surface area contributed by atoms with Crippen molar-refractivity contribution >= 4 is 34.5 Å². The maximum absolute atomic E-state index is 13.3. The van der Waals surface area contributed by atoms with Crippen molar-refractivity contribution in [2.24, 2.45) is 0 Å². The van der Waals surface area contributed by atoms with Gasteiger partial charge < -0.3 is 4.90 Å². The van der Waals surface area contributed by atoms with Gasteiger partial charge >= 0.3 is 0 Å². The predicted molar refractivity (Wildman–Crippen MR) is 121 cm³/mol. The minimum atomic E-state index is -0.252. The van der Waals surface area contributed by atoms with Gasteiger partial charge in [0.2, 0.25) is 5.91 Å². The highest BCUT2D eigenvalue weighted by Gasteiger charge is 2.24. The average Bonchev–Trinajstić information content (AvgIpc) is 3.15. The lowest BCUT2D eigenvalue weighted by Gasteiger charge is -2.29. The molecule has 0 radical (unpaired) electrons. The SMILES string of the molecule is O=C(Cn1c(SCc2ccc(F)cc2)nc2cccnc21)N1CCCc2ccccc21. The smallest absolute Gasteiger partial charge is 0.247 e. The molecule has 2 aromatic carbocycles. The molecule has 0 bridgehead atoms. The Morgan fingerprint density at radius 1 is 1.06 bits per heavy atom. The molecule has 0 saturated heterocycles. The first-order valence-electron chi connectivity index (χ1n) is 10.3. The summed E-state index contributed by atoms with van der Waals surface area (Å²) in [4.78, 5) is 24.4. The molecule has 1 aliphatic heterocycles. The number of carbonyl (C=O) groups excluding carboxylic acids is 1. The van der Waals surface area contributed by atoms with Crippen LogP contribution >= 0.6 is 11.8 Å². The van der Waals surface area contributed by atoms with Gasteiger partial charge in [-0.2, -0.15) is 0 Å². The number of fused-ring (bicyclic) bond motifs is 2. The molecule has 0 fully saturated rings. The van der Waals surface area contributed by atoms with Gasteiger partial charge in [-0.05, 0) is 54.3 Å². The molecule has 0 unspecified atom stereocenters. The van der Waals surface area contributed by atoms with Gasteiger partial charge in [0.25, 0.3) is 0 Å². The molecule has 2 aromatic heterocycles. The van der Waals surface area contributed by atoms with Gasteiger partial charge in [-0.1, -0.05) is 42.1 Å². The second-order valence-electron chi connectivity index (χ2n) is 7.52. The Morgan fingerprint density at radius 2 is 1.90 bits per heavy atom. The summed E-state index contributed by atoms with van der Waals surface area (Å²) in [6.07, 6.45) is 3.67. The first-order valence-corrected chi connectivity index (χ1v) is 11.2. The van der Waals surface area contributed by atoms with Crippen molar-refractivity contribution in [1.82, 2.24) is 14.5 Å². The number of pyridine rings is 1. The summed E-state index contributed by atoms with van der Waals surface area (Å²) in [6, 6.07) is 18.3. The Labute approximate surface area is 183 Å². The number of hydrogen-bond acceptors (Lipinski definition) is 4. The fourth-order valence-electron chi connectivity index (χ4n) is 3.93. The number of rotatable bonds is 5. The Hall–Kier alpha value is -3.19. The number of hydrogen-bond donors (Lipinski definition) is 0. The van der Waals surface area contributed by atoms with E-state index in [-0.39, 0.29) is 18.3 Å². The van der Waals surface area contributed by atoms with Crippen molar-refractivity contribution in [3.8, 4) is 0 Å². The lowest BCUT2D eigenvalue weighted by molar-refractivity contribution is -0.119. The van der Waals surface area contributed by atoms with Gasteiger partial charge in [-0.25, -0.2) is 14.4 Å². The van der Waals surface area contributed by atoms with Gasteiger partial charge in [0, 0.05) is 24.2 Å². The summed E-state index contributed by atoms with van der Waals surface area (Å²) in [6.45, 7) is 0.890. The van der Waals surface area contributed by atoms with Crippen molar-refractivity contribution in [2.45, 2.75) is 30.3 Å². The molecule has 0 N–H and O–H groups in total. The highest BCUT2D eigenvalue weighted by molar-refractivity contribution is 7.98. The number of nitrogens with zero attached hydrogens (tertiary/aromatic N) is 4. The van der Waals surface area contributed by atoms with Gasteiger partial charge in [0.05, 0.1) is 0 Å². The zero-order valence-corrected chi connectivity index (χ0v) is 17.7. The van der Waals surface area contributed by atoms with Crippen molar-refractivity contribution in [2.75, 3.05) is 11.4 Å². The van der Waals surface area contributed by atoms with Crippen LogP contribution in [-0.4, -0.2) is 27.0 Å². The third kappa shape index (κ3) is 4.05. The maximum atomic E-state index is 13.3. The summed E-state index contributed by atoms with van der Waals surface area (Å²) in [7, 11) is 0. The standard InChI is InChI=1S/C24H21FN4OS/c25-19-11-9-17(10-12-19)16-31-24-27-20-7-3-13-26-23(20)29(24)15-22(30)28-14-4-6-18-5-1-2-8-21(18)28/h1-3,5,7-13H,4,6,14-16H2. The maximum Gasteiger partial charge on any atom is 0.247 e. The van der Waals surface area contributed by atoms with Crippen molar-refractivity contribution in [1.29, 1.82) is 0 Å². The molecule has 1 aliphatic rings. The molecular weight excluding hydrogens is 411 g/mol. The number of imidazole rings is 1. The summed E-state index contributed by atoms with van der Waals surface area (Å²) in [5.41, 5.74) is 4.66. The lowest BCUT2D eigenvalue weighted by Crippen LogP contribution is -2.37. The molecule has 7 heteroatoms. The van der Waals surface area contributed by atoms with Crippen LogP contribution in [0.15, 0.2) is 72.0 Å². The molecule has 0 spiro atoms. The number of halogens is 1. The molecule has 0 saturated carbocycles. The van der Waals surface area contributed by atoms with E-state index in [9.17, 15) is 9.18 Å². The minimum Gasteiger partial charge on any atom is -0.311 e. The second kappa shape index (κ2) is 8.51. The highest BCUT2D eigenvalue weighted by atomic mass is 32.2. The van der Waals surface area contributed by atoms with Crippen LogP contribution in [0.2, 0.25) is 0 Å². The Bertz CT molecular complexity index is 1240. The molecule has 5 rings (SSSR count). The quantitative estimate of drug-likeness (QED) is 0.424. The van der Waals surface area contributed by atoms with Gasteiger partial charge in [0.1, 0.15) is 17.9 Å². The van der Waals surface area contributed by atoms with E-state index in [4.69, 9.17) is 4.98 Å². The molecular formula is C24H21FN4OS. The Kier molecular flexibility index (Phi) is 5.42. The molecule has 1 amide bonds. The molecule has 31 heavy (non-hydrogen) atoms. The van der Waals surface area contributed by atoms with E-state index < -0.39 is 0 Å². The third-order valence-corrected chi connectivity index (χ3v) is 6.50. The summed E-state index contributed by atoms with van der Waals surface area (Å²) < 4.78 is 15.1. The van der Waals surface area contributed by atoms with E-state index >= 15 is 0 Å². The fraction of sp³-hybridized carbons (Fsp3) is 0.208. The zero-order chi connectivity index (χ0) is 21.2. The summed E-state index contributed by atoms with van der Waals surface area (Å²) >= 11 is 1.52. The summed E-state index contributed by atoms with van der Waals surface area (Å²) in [5.74, 6) is 0.406. The topological polar surface area (TPSA) is 51.0 Å². The minimum absolute atomic E-state index is 0.0285. The lowest BCUT2D eigenvalue weighted by atomic mass is 10.0. The molecule has 156 valence electrons. The van der Waals surface area contributed by atoms with E-state index in [0.29, 0.717) is 17.9 Å². The van der Waals surface area contributed by atoms with Crippen molar-refractivity contribution < 1.29 is 9.18 Å². The van der Waals surface area contributed by atoms with Crippen LogP contribution in [0, 0.1) is 5.82 Å². The predicted octanol–water partition coefficient (Wildman–Crippen LogP) is 4.84. The van der Waals surface area contributed by atoms with E-state index in [1.165, 1.54) is 29.5 Å². The number of amides is 1. The van der Waals surface area contributed by atoms with Crippen LogP contribution in [0.1, 0.15) is 17.5 Å². The van der Waals surface area contributed by atoms with E-state index in [1.54, 1.807) is 18.3 Å². The number of thioether (sulfide) groups is 1. The van der Waals surface area contributed by atoms with Crippen molar-refractivity contribution in [3.05, 3.63) is 83.8 Å². The van der Waals surface area contributed by atoms with E-state index in [1.807, 2.05) is 39.8 Å². The second-order valence-corrected chi connectivity index (χ2v) is 8.46. The van der Waals surface area contributed by atoms with Gasteiger partial charge in [-0.15, -0.1) is 0 Å². The summed E-state index contributed by atoms with van der Waals surface area (Å²) in [5, 5.41) is 0.733. The highest BCUT2D eigenvalue weighted by Crippen LogP contribution is 2.29. The monoisotopic (exact) mass is 432 g/mol. The van der Waals surface area contributed by atoms with Crippen molar-refractivity contribution in [3.63, 3.8) is 0 Å². The number of aryl methyl sites for hydroxylation is 1. The molecule has 0 atom stereocenters. The fourth-order valence-corrected chi connectivity index (χ4v) is 4.89. The number of carbonyl (C=O) groups is 1. The largest absolute Gasteiger partial charge is 0.311 e. The number of aromatic nitrogens is 3. The van der Waals surface area contributed by atoms with Crippen LogP contribution in [0.3, 0.4) is 0 Å². The van der Waals surface area contributed by atoms with Crippen LogP contribution in [0.5, 0.6) is 0 Å². The van der Waals surface area contributed by atoms with Crippen LogP contribution in [-0.2, 0) is 23.5 Å². The molecule has 0 aliphatic carbocycles. The number of benzene rings is 2. The van der Waals surface area contributed by atoms with E-state index in [2.05, 4.69) is 11.1 Å². The molecule has 3 heterocycles. The third-order valence-electron chi connectivity index (χ3n) is 5.45. The normalized spacial score (nSPS) is 13.4. The first kappa shape index (κ1) is 19.8. The first-order chi connectivity index (χ1) is 15.2. The number of para-hydroxylation sites is 1. The molecule has 5 nitrogen and oxygen atoms in total. The van der Waals surface area contributed by atoms with Crippen LogP contribution in [0.25, 0.3) is 11.2 Å². The van der Waals surface area contributed by atoms with Gasteiger partial charge in [0.15, 0.2) is 10.8 Å². The van der Waals surface area contributed by atoms with Gasteiger partial charge in [-0.3, -0.25) is 9.36 Å². The Balaban J connectivity index is 1.43. The molecule has 4 aromatic rings. The van der Waals surface area contributed by atoms with Crippen LogP contribution in [0.4, 0.5) is 10.1 Å².